The lowest BCUT2D eigenvalue weighted by Gasteiger charge is -2.22. The predicted octanol–water partition coefficient (Wildman–Crippen LogP) is 1.75. The molecule has 1 rings (SSSR count). The molecule has 1 fully saturated rings. The van der Waals surface area contributed by atoms with Crippen LogP contribution in [0, 0.1) is 0 Å². The van der Waals surface area contributed by atoms with Gasteiger partial charge in [-0.05, 0) is 32.1 Å². The number of hydrogen-bond acceptors (Lipinski definition) is 7. The zero-order chi connectivity index (χ0) is 18.2. The van der Waals surface area contributed by atoms with E-state index in [-0.39, 0.29) is 31.7 Å². The van der Waals surface area contributed by atoms with Gasteiger partial charge >= 0.3 is 11.9 Å². The van der Waals surface area contributed by atoms with E-state index in [2.05, 4.69) is 0 Å². The molecular weight excluding hydrogens is 332 g/mol. The first kappa shape index (κ1) is 21.8. The summed E-state index contributed by atoms with van der Waals surface area (Å²) in [6.45, 7) is 3.16. The van der Waals surface area contributed by atoms with Gasteiger partial charge in [0.1, 0.15) is 6.61 Å². The average molecular weight is 362 g/mol. The van der Waals surface area contributed by atoms with E-state index in [1.54, 1.807) is 0 Å². The van der Waals surface area contributed by atoms with Crippen molar-refractivity contribution in [1.82, 2.24) is 0 Å². The minimum Gasteiger partial charge on any atom is -0.481 e. The minimum absolute atomic E-state index is 0.0785. The number of unbranched alkanes of at least 4 members (excludes halogenated alkanes) is 1. The maximum Gasteiger partial charge on any atom is 0.305 e. The van der Waals surface area contributed by atoms with Crippen LogP contribution in [0.1, 0.15) is 44.9 Å². The smallest absolute Gasteiger partial charge is 0.305 e. The molecule has 0 aromatic heterocycles. The molecule has 8 nitrogen and oxygen atoms in total. The van der Waals surface area contributed by atoms with E-state index in [9.17, 15) is 9.59 Å². The Morgan fingerprint density at radius 1 is 0.920 bits per heavy atom. The van der Waals surface area contributed by atoms with Gasteiger partial charge in [0.05, 0.1) is 33.0 Å². The SMILES string of the molecule is O=C(O)CCCCC(=O)OCCOCCOCCOC1CCCCO1. The molecule has 1 saturated heterocycles. The van der Waals surface area contributed by atoms with Gasteiger partial charge in [-0.1, -0.05) is 0 Å². The summed E-state index contributed by atoms with van der Waals surface area (Å²) < 4.78 is 26.6. The third-order valence-corrected chi connectivity index (χ3v) is 3.55. The summed E-state index contributed by atoms with van der Waals surface area (Å²) in [6.07, 6.45) is 4.42. The molecule has 1 aliphatic heterocycles. The average Bonchev–Trinajstić information content (AvgIpc) is 2.61. The van der Waals surface area contributed by atoms with Crippen LogP contribution in [0.3, 0.4) is 0 Å². The van der Waals surface area contributed by atoms with Crippen LogP contribution in [0.15, 0.2) is 0 Å². The van der Waals surface area contributed by atoms with Gasteiger partial charge in [-0.15, -0.1) is 0 Å². The van der Waals surface area contributed by atoms with Gasteiger partial charge in [-0.2, -0.15) is 0 Å². The normalized spacial score (nSPS) is 17.4. The van der Waals surface area contributed by atoms with Crippen molar-refractivity contribution in [2.45, 2.75) is 51.2 Å². The van der Waals surface area contributed by atoms with Crippen LogP contribution in [0.2, 0.25) is 0 Å². The van der Waals surface area contributed by atoms with E-state index in [1.807, 2.05) is 0 Å². The van der Waals surface area contributed by atoms with Gasteiger partial charge in [-0.25, -0.2) is 0 Å². The fourth-order valence-electron chi connectivity index (χ4n) is 2.24. The highest BCUT2D eigenvalue weighted by Crippen LogP contribution is 2.13. The zero-order valence-corrected chi connectivity index (χ0v) is 14.8. The van der Waals surface area contributed by atoms with Crippen LogP contribution in [0.4, 0.5) is 0 Å². The number of ether oxygens (including phenoxy) is 5. The highest BCUT2D eigenvalue weighted by molar-refractivity contribution is 5.69. The second-order valence-corrected chi connectivity index (χ2v) is 5.71. The van der Waals surface area contributed by atoms with Gasteiger partial charge in [-0.3, -0.25) is 9.59 Å². The topological polar surface area (TPSA) is 101 Å². The second kappa shape index (κ2) is 15.1. The van der Waals surface area contributed by atoms with Gasteiger partial charge in [0.25, 0.3) is 0 Å². The second-order valence-electron chi connectivity index (χ2n) is 5.71. The molecule has 0 amide bonds. The molecule has 0 aromatic carbocycles. The Balaban J connectivity index is 1.76. The Morgan fingerprint density at radius 3 is 2.28 bits per heavy atom. The van der Waals surface area contributed by atoms with E-state index in [4.69, 9.17) is 28.8 Å². The maximum atomic E-state index is 11.4. The summed E-state index contributed by atoms with van der Waals surface area (Å²) in [4.78, 5) is 21.7. The fourth-order valence-corrected chi connectivity index (χ4v) is 2.24. The largest absolute Gasteiger partial charge is 0.481 e. The summed E-state index contributed by atoms with van der Waals surface area (Å²) >= 11 is 0. The lowest BCUT2D eigenvalue weighted by atomic mass is 10.2. The number of carboxylic acids is 1. The van der Waals surface area contributed by atoms with E-state index >= 15 is 0 Å². The van der Waals surface area contributed by atoms with Crippen molar-refractivity contribution < 1.29 is 38.4 Å². The molecule has 1 unspecified atom stereocenters. The molecule has 1 heterocycles. The minimum atomic E-state index is -0.849. The van der Waals surface area contributed by atoms with E-state index < -0.39 is 5.97 Å². The fraction of sp³-hybridized carbons (Fsp3) is 0.882. The van der Waals surface area contributed by atoms with Crippen molar-refractivity contribution in [2.24, 2.45) is 0 Å². The van der Waals surface area contributed by atoms with Crippen LogP contribution in [-0.4, -0.2) is 69.6 Å². The number of aliphatic carboxylic acids is 1. The first-order valence-corrected chi connectivity index (χ1v) is 8.94. The van der Waals surface area contributed by atoms with Crippen molar-refractivity contribution in [3.05, 3.63) is 0 Å². The molecular formula is C17H30O8. The van der Waals surface area contributed by atoms with Crippen LogP contribution in [0.5, 0.6) is 0 Å². The molecule has 146 valence electrons. The number of hydrogen-bond donors (Lipinski definition) is 1. The van der Waals surface area contributed by atoms with E-state index in [0.29, 0.717) is 45.9 Å². The first-order valence-electron chi connectivity index (χ1n) is 8.94. The van der Waals surface area contributed by atoms with Crippen LogP contribution in [-0.2, 0) is 33.3 Å². The summed E-state index contributed by atoms with van der Waals surface area (Å²) in [6, 6.07) is 0. The summed E-state index contributed by atoms with van der Waals surface area (Å²) in [7, 11) is 0. The lowest BCUT2D eigenvalue weighted by molar-refractivity contribution is -0.169. The zero-order valence-electron chi connectivity index (χ0n) is 14.8. The summed E-state index contributed by atoms with van der Waals surface area (Å²) in [5.41, 5.74) is 0. The third kappa shape index (κ3) is 13.7. The molecule has 0 spiro atoms. The molecule has 0 aliphatic carbocycles. The molecule has 1 atom stereocenters. The van der Waals surface area contributed by atoms with Gasteiger partial charge < -0.3 is 28.8 Å². The molecule has 1 N–H and O–H groups in total. The van der Waals surface area contributed by atoms with Gasteiger partial charge in [0, 0.05) is 19.4 Å². The van der Waals surface area contributed by atoms with Gasteiger partial charge in [0.2, 0.25) is 0 Å². The number of carbonyl (C=O) groups is 2. The van der Waals surface area contributed by atoms with Crippen molar-refractivity contribution in [3.63, 3.8) is 0 Å². The Hall–Kier alpha value is -1.22. The molecule has 8 heteroatoms. The highest BCUT2D eigenvalue weighted by atomic mass is 16.7. The molecule has 0 bridgehead atoms. The first-order chi connectivity index (χ1) is 12.2. The Kier molecular flexibility index (Phi) is 13.2. The predicted molar refractivity (Wildman–Crippen MR) is 88.2 cm³/mol. The molecule has 1 aliphatic rings. The highest BCUT2D eigenvalue weighted by Gasteiger charge is 2.13. The van der Waals surface area contributed by atoms with Crippen molar-refractivity contribution in [3.8, 4) is 0 Å². The number of carbonyl (C=O) groups excluding carboxylic acids is 1. The van der Waals surface area contributed by atoms with Crippen molar-refractivity contribution in [2.75, 3.05) is 46.2 Å². The Bertz CT molecular complexity index is 355. The van der Waals surface area contributed by atoms with E-state index in [0.717, 1.165) is 25.9 Å². The third-order valence-electron chi connectivity index (χ3n) is 3.55. The Labute approximate surface area is 148 Å². The number of rotatable bonds is 15. The standard InChI is InChI=1S/C17H30O8/c18-15(19)5-1-2-6-16(20)23-13-11-21-9-10-22-12-14-25-17-7-3-4-8-24-17/h17H,1-14H2,(H,18,19). The summed E-state index contributed by atoms with van der Waals surface area (Å²) in [5, 5.41) is 8.47. The lowest BCUT2D eigenvalue weighted by Crippen LogP contribution is -2.24. The quantitative estimate of drug-likeness (QED) is 0.347. The molecule has 0 aromatic rings. The molecule has 0 radical (unpaired) electrons. The van der Waals surface area contributed by atoms with Crippen LogP contribution in [0.25, 0.3) is 0 Å². The number of carboxylic acid groups (broad SMARTS) is 1. The monoisotopic (exact) mass is 362 g/mol. The van der Waals surface area contributed by atoms with Crippen molar-refractivity contribution >= 4 is 11.9 Å². The molecule has 0 saturated carbocycles. The molecule has 25 heavy (non-hydrogen) atoms. The number of esters is 1. The van der Waals surface area contributed by atoms with Crippen molar-refractivity contribution in [1.29, 1.82) is 0 Å². The summed E-state index contributed by atoms with van der Waals surface area (Å²) in [5.74, 6) is -1.18. The van der Waals surface area contributed by atoms with Gasteiger partial charge in [0.15, 0.2) is 6.29 Å². The van der Waals surface area contributed by atoms with Crippen LogP contribution < -0.4 is 0 Å². The maximum absolute atomic E-state index is 11.4. The Morgan fingerprint density at radius 2 is 1.60 bits per heavy atom. The van der Waals surface area contributed by atoms with Crippen LogP contribution >= 0.6 is 0 Å². The van der Waals surface area contributed by atoms with E-state index in [1.165, 1.54) is 0 Å².